The summed E-state index contributed by atoms with van der Waals surface area (Å²) in [4.78, 5) is 23.9. The molecule has 0 heterocycles. The van der Waals surface area contributed by atoms with Gasteiger partial charge in [0.15, 0.2) is 11.5 Å². The van der Waals surface area contributed by atoms with Crippen molar-refractivity contribution in [3.05, 3.63) is 23.8 Å². The number of carbonyl (C=O) groups excluding carboxylic acids is 2. The maximum Gasteiger partial charge on any atom is 0.223 e. The molecular formula is C20H30N2O4. The van der Waals surface area contributed by atoms with Gasteiger partial charge in [0.25, 0.3) is 0 Å². The number of benzene rings is 1. The molecule has 0 aromatic heterocycles. The maximum atomic E-state index is 12.1. The van der Waals surface area contributed by atoms with Gasteiger partial charge in [0, 0.05) is 18.9 Å². The minimum absolute atomic E-state index is 0.0562. The van der Waals surface area contributed by atoms with Crippen LogP contribution in [0.1, 0.15) is 52.1 Å². The van der Waals surface area contributed by atoms with Crippen LogP contribution in [0.15, 0.2) is 18.2 Å². The van der Waals surface area contributed by atoms with Crippen LogP contribution in [0.2, 0.25) is 0 Å². The fraction of sp³-hybridized carbons (Fsp3) is 0.600. The lowest BCUT2D eigenvalue weighted by Gasteiger charge is -2.18. The summed E-state index contributed by atoms with van der Waals surface area (Å²) in [5.41, 5.74) is 0.933. The Bertz CT molecular complexity index is 645. The van der Waals surface area contributed by atoms with E-state index in [0.717, 1.165) is 12.0 Å². The van der Waals surface area contributed by atoms with Gasteiger partial charge in [-0.05, 0) is 50.8 Å². The van der Waals surface area contributed by atoms with Crippen LogP contribution in [0.25, 0.3) is 0 Å². The van der Waals surface area contributed by atoms with Gasteiger partial charge in [-0.1, -0.05) is 13.0 Å². The average molecular weight is 362 g/mol. The molecule has 0 radical (unpaired) electrons. The molecule has 2 rings (SSSR count). The maximum absolute atomic E-state index is 12.1. The molecule has 1 aromatic rings. The summed E-state index contributed by atoms with van der Waals surface area (Å²) in [5, 5.41) is 5.77. The highest BCUT2D eigenvalue weighted by molar-refractivity contribution is 5.82. The minimum atomic E-state index is -0.163. The molecule has 2 N–H and O–H groups in total. The number of ether oxygens (including phenoxy) is 2. The molecule has 1 saturated carbocycles. The molecule has 144 valence electrons. The van der Waals surface area contributed by atoms with E-state index in [1.54, 1.807) is 7.11 Å². The van der Waals surface area contributed by atoms with Crippen molar-refractivity contribution in [3.63, 3.8) is 0 Å². The Morgan fingerprint density at radius 1 is 1.23 bits per heavy atom. The smallest absolute Gasteiger partial charge is 0.223 e. The van der Waals surface area contributed by atoms with E-state index in [9.17, 15) is 9.59 Å². The van der Waals surface area contributed by atoms with Gasteiger partial charge in [-0.25, -0.2) is 0 Å². The van der Waals surface area contributed by atoms with Gasteiger partial charge in [0.1, 0.15) is 0 Å². The Morgan fingerprint density at radius 2 is 1.92 bits per heavy atom. The predicted molar refractivity (Wildman–Crippen MR) is 100 cm³/mol. The number of amides is 2. The second kappa shape index (κ2) is 8.92. The highest BCUT2D eigenvalue weighted by atomic mass is 16.5. The summed E-state index contributed by atoms with van der Waals surface area (Å²) in [6.07, 6.45) is 1.27. The fourth-order valence-corrected chi connectivity index (χ4v) is 2.82. The second-order valence-corrected chi connectivity index (χ2v) is 7.23. The molecule has 1 aliphatic rings. The Balaban J connectivity index is 1.83. The van der Waals surface area contributed by atoms with E-state index < -0.39 is 0 Å². The van der Waals surface area contributed by atoms with Crippen LogP contribution in [-0.4, -0.2) is 31.6 Å². The lowest BCUT2D eigenvalue weighted by molar-refractivity contribution is -0.123. The van der Waals surface area contributed by atoms with E-state index in [0.29, 0.717) is 24.0 Å². The molecule has 2 amide bonds. The first-order valence-corrected chi connectivity index (χ1v) is 9.23. The van der Waals surface area contributed by atoms with Crippen LogP contribution >= 0.6 is 0 Å². The molecule has 1 aromatic carbocycles. The summed E-state index contributed by atoms with van der Waals surface area (Å²) in [6.45, 7) is 8.26. The SMILES string of the molecule is COc1cc(C(C)NC(=O)CCNC(=O)C2CC2C)ccc1OC(C)C. The van der Waals surface area contributed by atoms with Crippen molar-refractivity contribution in [3.8, 4) is 11.5 Å². The molecule has 6 nitrogen and oxygen atoms in total. The number of nitrogens with one attached hydrogen (secondary N) is 2. The summed E-state index contributed by atoms with van der Waals surface area (Å²) < 4.78 is 11.1. The fourth-order valence-electron chi connectivity index (χ4n) is 2.82. The zero-order valence-electron chi connectivity index (χ0n) is 16.3. The highest BCUT2D eigenvalue weighted by Gasteiger charge is 2.38. The third-order valence-corrected chi connectivity index (χ3v) is 4.53. The normalized spacial score (nSPS) is 19.6. The highest BCUT2D eigenvalue weighted by Crippen LogP contribution is 2.37. The van der Waals surface area contributed by atoms with Gasteiger partial charge in [0.05, 0.1) is 19.3 Å². The van der Waals surface area contributed by atoms with Crippen LogP contribution < -0.4 is 20.1 Å². The number of hydrogen-bond acceptors (Lipinski definition) is 4. The van der Waals surface area contributed by atoms with Gasteiger partial charge < -0.3 is 20.1 Å². The predicted octanol–water partition coefficient (Wildman–Crippen LogP) is 2.82. The molecule has 26 heavy (non-hydrogen) atoms. The molecule has 0 saturated heterocycles. The van der Waals surface area contributed by atoms with Crippen molar-refractivity contribution >= 4 is 11.8 Å². The molecule has 0 aliphatic heterocycles. The van der Waals surface area contributed by atoms with Gasteiger partial charge in [-0.2, -0.15) is 0 Å². The summed E-state index contributed by atoms with van der Waals surface area (Å²) in [5.74, 6) is 1.90. The van der Waals surface area contributed by atoms with E-state index >= 15 is 0 Å². The number of hydrogen-bond donors (Lipinski definition) is 2. The zero-order valence-corrected chi connectivity index (χ0v) is 16.3. The molecule has 1 fully saturated rings. The standard InChI is InChI=1S/C20H30N2O4/c1-12(2)26-17-7-6-15(11-18(17)25-5)14(4)22-19(23)8-9-21-20(24)16-10-13(16)3/h6-7,11-14,16H,8-10H2,1-5H3,(H,21,24)(H,22,23). The average Bonchev–Trinajstić information content (AvgIpc) is 3.31. The summed E-state index contributed by atoms with van der Waals surface area (Å²) >= 11 is 0. The van der Waals surface area contributed by atoms with Crippen LogP contribution in [0.5, 0.6) is 11.5 Å². The first kappa shape index (κ1) is 20.1. The third kappa shape index (κ3) is 5.64. The Hall–Kier alpha value is -2.24. The van der Waals surface area contributed by atoms with Gasteiger partial charge >= 0.3 is 0 Å². The van der Waals surface area contributed by atoms with E-state index in [4.69, 9.17) is 9.47 Å². The van der Waals surface area contributed by atoms with Crippen molar-refractivity contribution in [2.45, 2.75) is 52.7 Å². The monoisotopic (exact) mass is 362 g/mol. The first-order valence-electron chi connectivity index (χ1n) is 9.23. The number of carbonyl (C=O) groups is 2. The number of methoxy groups -OCH3 is 1. The molecule has 1 aliphatic carbocycles. The quantitative estimate of drug-likeness (QED) is 0.708. The van der Waals surface area contributed by atoms with Crippen molar-refractivity contribution in [1.29, 1.82) is 0 Å². The molecular weight excluding hydrogens is 332 g/mol. The van der Waals surface area contributed by atoms with E-state index in [2.05, 4.69) is 17.6 Å². The van der Waals surface area contributed by atoms with Gasteiger partial charge in [-0.3, -0.25) is 9.59 Å². The third-order valence-electron chi connectivity index (χ3n) is 4.53. The van der Waals surface area contributed by atoms with E-state index in [1.165, 1.54) is 0 Å². The van der Waals surface area contributed by atoms with Crippen LogP contribution in [-0.2, 0) is 9.59 Å². The Morgan fingerprint density at radius 3 is 2.50 bits per heavy atom. The lowest BCUT2D eigenvalue weighted by atomic mass is 10.1. The van der Waals surface area contributed by atoms with Crippen LogP contribution in [0.4, 0.5) is 0 Å². The molecule has 3 unspecified atom stereocenters. The second-order valence-electron chi connectivity index (χ2n) is 7.23. The zero-order chi connectivity index (χ0) is 19.3. The lowest BCUT2D eigenvalue weighted by Crippen LogP contribution is -2.32. The van der Waals surface area contributed by atoms with Gasteiger partial charge in [0.2, 0.25) is 11.8 Å². The van der Waals surface area contributed by atoms with Crippen molar-refractivity contribution in [2.75, 3.05) is 13.7 Å². The molecule has 6 heteroatoms. The number of rotatable bonds is 9. The van der Waals surface area contributed by atoms with Crippen LogP contribution in [0.3, 0.4) is 0 Å². The minimum Gasteiger partial charge on any atom is -0.493 e. The molecule has 3 atom stereocenters. The van der Waals surface area contributed by atoms with E-state index in [-0.39, 0.29) is 36.3 Å². The first-order chi connectivity index (χ1) is 12.3. The van der Waals surface area contributed by atoms with Crippen molar-refractivity contribution in [2.24, 2.45) is 11.8 Å². The van der Waals surface area contributed by atoms with Gasteiger partial charge in [-0.15, -0.1) is 0 Å². The summed E-state index contributed by atoms with van der Waals surface area (Å²) in [7, 11) is 1.60. The molecule has 0 bridgehead atoms. The van der Waals surface area contributed by atoms with Crippen LogP contribution in [0, 0.1) is 11.8 Å². The van der Waals surface area contributed by atoms with E-state index in [1.807, 2.05) is 39.0 Å². The van der Waals surface area contributed by atoms with Crippen molar-refractivity contribution < 1.29 is 19.1 Å². The molecule has 0 spiro atoms. The summed E-state index contributed by atoms with van der Waals surface area (Å²) in [6, 6.07) is 5.48. The Labute approximate surface area is 155 Å². The largest absolute Gasteiger partial charge is 0.493 e. The van der Waals surface area contributed by atoms with Crippen molar-refractivity contribution in [1.82, 2.24) is 10.6 Å². The Kier molecular flexibility index (Phi) is 6.89. The topological polar surface area (TPSA) is 76.7 Å².